The van der Waals surface area contributed by atoms with Crippen LogP contribution >= 0.6 is 22.6 Å². The van der Waals surface area contributed by atoms with Crippen molar-refractivity contribution in [2.45, 2.75) is 0 Å². The zero-order chi connectivity index (χ0) is 8.55. The first-order valence-corrected chi connectivity index (χ1v) is 4.43. The van der Waals surface area contributed by atoms with E-state index in [1.165, 1.54) is 0 Å². The fourth-order valence-electron chi connectivity index (χ4n) is 1.05. The van der Waals surface area contributed by atoms with Gasteiger partial charge in [0.15, 0.2) is 0 Å². The predicted molar refractivity (Wildman–Crippen MR) is 53.5 cm³/mol. The number of hydrogen-bond acceptors (Lipinski definition) is 2. The van der Waals surface area contributed by atoms with Crippen molar-refractivity contribution >= 4 is 33.5 Å². The van der Waals surface area contributed by atoms with Gasteiger partial charge < -0.3 is 0 Å². The van der Waals surface area contributed by atoms with E-state index in [-0.39, 0.29) is 0 Å². The fraction of sp³-hybridized carbons (Fsp3) is 0. The molecule has 0 aliphatic heterocycles. The third-order valence-electron chi connectivity index (χ3n) is 1.65. The quantitative estimate of drug-likeness (QED) is 0.744. The Morgan fingerprint density at radius 2 is 2.33 bits per heavy atom. The van der Waals surface area contributed by atoms with Crippen molar-refractivity contribution in [3.63, 3.8) is 0 Å². The summed E-state index contributed by atoms with van der Waals surface area (Å²) in [5.74, 6) is 0. The molecule has 0 atom stereocenters. The second-order valence-corrected chi connectivity index (χ2v) is 3.41. The molecule has 0 unspecified atom stereocenters. The van der Waals surface area contributed by atoms with Gasteiger partial charge in [0.05, 0.1) is 17.1 Å². The van der Waals surface area contributed by atoms with Gasteiger partial charge in [-0.25, -0.2) is 0 Å². The maximum atomic E-state index is 8.64. The summed E-state index contributed by atoms with van der Waals surface area (Å²) in [4.78, 5) is 0. The van der Waals surface area contributed by atoms with E-state index in [0.717, 1.165) is 14.6 Å². The Morgan fingerprint density at radius 1 is 1.50 bits per heavy atom. The zero-order valence-electron chi connectivity index (χ0n) is 6.00. The Morgan fingerprint density at radius 3 is 3.08 bits per heavy atom. The van der Waals surface area contributed by atoms with Gasteiger partial charge in [0.25, 0.3) is 0 Å². The zero-order valence-corrected chi connectivity index (χ0v) is 8.16. The van der Waals surface area contributed by atoms with Crippen LogP contribution in [0.2, 0.25) is 0 Å². The number of aromatic nitrogens is 2. The number of benzene rings is 1. The van der Waals surface area contributed by atoms with Crippen molar-refractivity contribution in [3.8, 4) is 6.07 Å². The van der Waals surface area contributed by atoms with Crippen molar-refractivity contribution in [2.75, 3.05) is 0 Å². The molecule has 0 bridgehead atoms. The lowest BCUT2D eigenvalue weighted by Gasteiger charge is -1.88. The summed E-state index contributed by atoms with van der Waals surface area (Å²) in [6.07, 6.45) is 0. The average molecular weight is 269 g/mol. The molecule has 0 saturated carbocycles. The molecule has 0 aliphatic rings. The molecule has 0 radical (unpaired) electrons. The van der Waals surface area contributed by atoms with E-state index in [9.17, 15) is 0 Å². The molecule has 0 aliphatic carbocycles. The van der Waals surface area contributed by atoms with Crippen LogP contribution in [-0.4, -0.2) is 10.2 Å². The number of hydrogen-bond donors (Lipinski definition) is 1. The SMILES string of the molecule is N#Cc1ccc2[nH]nc(I)c2c1. The minimum Gasteiger partial charge on any atom is -0.277 e. The maximum absolute atomic E-state index is 8.64. The Bertz CT molecular complexity index is 467. The van der Waals surface area contributed by atoms with Crippen molar-refractivity contribution in [2.24, 2.45) is 0 Å². The minimum atomic E-state index is 0.668. The lowest BCUT2D eigenvalue weighted by Crippen LogP contribution is -1.73. The number of rotatable bonds is 0. The Kier molecular flexibility index (Phi) is 1.73. The van der Waals surface area contributed by atoms with E-state index >= 15 is 0 Å². The van der Waals surface area contributed by atoms with Gasteiger partial charge >= 0.3 is 0 Å². The summed E-state index contributed by atoms with van der Waals surface area (Å²) in [6.45, 7) is 0. The van der Waals surface area contributed by atoms with Crippen LogP contribution in [0.1, 0.15) is 5.56 Å². The highest BCUT2D eigenvalue weighted by Gasteiger charge is 2.02. The highest BCUT2D eigenvalue weighted by molar-refractivity contribution is 14.1. The Labute approximate surface area is 82.5 Å². The molecule has 1 N–H and O–H groups in total. The predicted octanol–water partition coefficient (Wildman–Crippen LogP) is 2.04. The Hall–Kier alpha value is -1.09. The number of aromatic amines is 1. The normalized spacial score (nSPS) is 10.0. The standard InChI is InChI=1S/C8H4IN3/c9-8-6-3-5(4-10)1-2-7(6)11-12-8/h1-3H,(H,11,12). The van der Waals surface area contributed by atoms with Crippen molar-refractivity contribution in [1.29, 1.82) is 5.26 Å². The van der Waals surface area contributed by atoms with E-state index in [1.54, 1.807) is 6.07 Å². The molecule has 3 nitrogen and oxygen atoms in total. The Balaban J connectivity index is 2.82. The number of nitrogens with one attached hydrogen (secondary N) is 1. The minimum absolute atomic E-state index is 0.668. The number of fused-ring (bicyclic) bond motifs is 1. The number of halogens is 1. The summed E-state index contributed by atoms with van der Waals surface area (Å²) >= 11 is 2.13. The molecule has 12 heavy (non-hydrogen) atoms. The molecule has 4 heteroatoms. The fourth-order valence-corrected chi connectivity index (χ4v) is 1.62. The maximum Gasteiger partial charge on any atom is 0.130 e. The van der Waals surface area contributed by atoms with Crippen molar-refractivity contribution < 1.29 is 0 Å². The molecule has 0 amide bonds. The number of nitrogens with zero attached hydrogens (tertiary/aromatic N) is 2. The van der Waals surface area contributed by atoms with Gasteiger partial charge in [-0.05, 0) is 40.8 Å². The first-order valence-electron chi connectivity index (χ1n) is 3.35. The van der Waals surface area contributed by atoms with E-state index in [4.69, 9.17) is 5.26 Å². The summed E-state index contributed by atoms with van der Waals surface area (Å²) in [6, 6.07) is 7.56. The van der Waals surface area contributed by atoms with Crippen LogP contribution in [0.5, 0.6) is 0 Å². The van der Waals surface area contributed by atoms with Gasteiger partial charge in [-0.15, -0.1) is 0 Å². The van der Waals surface area contributed by atoms with Crippen LogP contribution in [0.3, 0.4) is 0 Å². The second kappa shape index (κ2) is 2.75. The molecule has 58 valence electrons. The lowest BCUT2D eigenvalue weighted by molar-refractivity contribution is 1.09. The van der Waals surface area contributed by atoms with E-state index in [2.05, 4.69) is 38.9 Å². The molecule has 0 saturated heterocycles. The second-order valence-electron chi connectivity index (χ2n) is 2.39. The van der Waals surface area contributed by atoms with Gasteiger partial charge in [0, 0.05) is 5.39 Å². The highest BCUT2D eigenvalue weighted by atomic mass is 127. The third kappa shape index (κ3) is 1.06. The smallest absolute Gasteiger partial charge is 0.130 e. The molecular formula is C8H4IN3. The molecule has 2 aromatic rings. The van der Waals surface area contributed by atoms with E-state index in [1.807, 2.05) is 12.1 Å². The molecule has 1 aromatic heterocycles. The van der Waals surface area contributed by atoms with Gasteiger partial charge in [0.1, 0.15) is 3.70 Å². The van der Waals surface area contributed by atoms with Crippen LogP contribution in [0.4, 0.5) is 0 Å². The van der Waals surface area contributed by atoms with Gasteiger partial charge in [0.2, 0.25) is 0 Å². The van der Waals surface area contributed by atoms with Crippen LogP contribution in [-0.2, 0) is 0 Å². The molecule has 0 spiro atoms. The van der Waals surface area contributed by atoms with Gasteiger partial charge in [-0.2, -0.15) is 10.4 Å². The molecule has 0 fully saturated rings. The van der Waals surface area contributed by atoms with Gasteiger partial charge in [-0.3, -0.25) is 5.10 Å². The number of H-pyrrole nitrogens is 1. The van der Waals surface area contributed by atoms with Crippen LogP contribution in [0.15, 0.2) is 18.2 Å². The third-order valence-corrected chi connectivity index (χ3v) is 2.47. The monoisotopic (exact) mass is 269 g/mol. The summed E-state index contributed by atoms with van der Waals surface area (Å²) < 4.78 is 0.903. The first-order chi connectivity index (χ1) is 5.81. The first kappa shape index (κ1) is 7.55. The van der Waals surface area contributed by atoms with Crippen LogP contribution < -0.4 is 0 Å². The molecule has 1 heterocycles. The molecule has 2 rings (SSSR count). The largest absolute Gasteiger partial charge is 0.277 e. The summed E-state index contributed by atoms with van der Waals surface area (Å²) in [7, 11) is 0. The van der Waals surface area contributed by atoms with Crippen LogP contribution in [0.25, 0.3) is 10.9 Å². The molecular weight excluding hydrogens is 265 g/mol. The topological polar surface area (TPSA) is 52.5 Å². The van der Waals surface area contributed by atoms with Crippen molar-refractivity contribution in [3.05, 3.63) is 27.5 Å². The number of nitriles is 1. The highest BCUT2D eigenvalue weighted by Crippen LogP contribution is 2.18. The van der Waals surface area contributed by atoms with E-state index < -0.39 is 0 Å². The van der Waals surface area contributed by atoms with Crippen molar-refractivity contribution in [1.82, 2.24) is 10.2 Å². The average Bonchev–Trinajstić information content (AvgIpc) is 2.47. The van der Waals surface area contributed by atoms with Gasteiger partial charge in [-0.1, -0.05) is 0 Å². The summed E-state index contributed by atoms with van der Waals surface area (Å²) in [5.41, 5.74) is 1.64. The molecule has 1 aromatic carbocycles. The van der Waals surface area contributed by atoms with Crippen LogP contribution in [0, 0.1) is 15.0 Å². The lowest BCUT2D eigenvalue weighted by atomic mass is 10.2. The van der Waals surface area contributed by atoms with E-state index in [0.29, 0.717) is 5.56 Å². The summed E-state index contributed by atoms with van der Waals surface area (Å²) in [5, 5.41) is 16.5.